The van der Waals surface area contributed by atoms with Crippen molar-refractivity contribution in [1.29, 1.82) is 0 Å². The number of carbonyl (C=O) groups is 1. The van der Waals surface area contributed by atoms with Crippen molar-refractivity contribution in [2.24, 2.45) is 5.73 Å². The van der Waals surface area contributed by atoms with Gasteiger partial charge in [0, 0.05) is 50.2 Å². The summed E-state index contributed by atoms with van der Waals surface area (Å²) < 4.78 is 5.29. The van der Waals surface area contributed by atoms with E-state index in [4.69, 9.17) is 22.1 Å². The fourth-order valence-corrected chi connectivity index (χ4v) is 3.97. The number of primary amides is 1. The second kappa shape index (κ2) is 10.1. The predicted octanol–water partition coefficient (Wildman–Crippen LogP) is 3.32. The van der Waals surface area contributed by atoms with E-state index in [1.54, 1.807) is 13.2 Å². The molecule has 1 amide bonds. The van der Waals surface area contributed by atoms with Crippen molar-refractivity contribution in [1.82, 2.24) is 14.9 Å². The van der Waals surface area contributed by atoms with Crippen LogP contribution in [0.15, 0.2) is 48.7 Å². The van der Waals surface area contributed by atoms with Gasteiger partial charge in [0.25, 0.3) is 5.91 Å². The molecular weight excluding hydrogens is 440 g/mol. The van der Waals surface area contributed by atoms with E-state index in [0.717, 1.165) is 37.4 Å². The van der Waals surface area contributed by atoms with Crippen molar-refractivity contribution in [2.45, 2.75) is 6.42 Å². The zero-order valence-electron chi connectivity index (χ0n) is 18.7. The van der Waals surface area contributed by atoms with Gasteiger partial charge in [-0.2, -0.15) is 0 Å². The number of ether oxygens (including phenoxy) is 1. The van der Waals surface area contributed by atoms with Crippen LogP contribution in [0.1, 0.15) is 21.6 Å². The molecular formula is C24H27ClN6O2. The molecule has 0 radical (unpaired) electrons. The SMILES string of the molecule is COc1cc(Cc2nc(Nc3ccc(N4CCN(C)CC4)cc3)ncc2C(N)=O)ccc1Cl. The second-order valence-corrected chi connectivity index (χ2v) is 8.43. The molecule has 0 saturated carbocycles. The van der Waals surface area contributed by atoms with E-state index in [2.05, 4.69) is 44.3 Å². The van der Waals surface area contributed by atoms with Gasteiger partial charge in [-0.15, -0.1) is 0 Å². The van der Waals surface area contributed by atoms with Crippen LogP contribution in [0, 0.1) is 0 Å². The number of hydrogen-bond donors (Lipinski definition) is 2. The predicted molar refractivity (Wildman–Crippen MR) is 131 cm³/mol. The summed E-state index contributed by atoms with van der Waals surface area (Å²) in [7, 11) is 3.70. The quantitative estimate of drug-likeness (QED) is 0.551. The third-order valence-corrected chi connectivity index (χ3v) is 6.02. The van der Waals surface area contributed by atoms with Gasteiger partial charge in [-0.05, 0) is 49.0 Å². The lowest BCUT2D eigenvalue weighted by Gasteiger charge is -2.34. The van der Waals surface area contributed by atoms with Gasteiger partial charge in [0.2, 0.25) is 5.95 Å². The van der Waals surface area contributed by atoms with E-state index in [-0.39, 0.29) is 5.56 Å². The van der Waals surface area contributed by atoms with Crippen LogP contribution in [0.4, 0.5) is 17.3 Å². The fourth-order valence-electron chi connectivity index (χ4n) is 3.77. The largest absolute Gasteiger partial charge is 0.495 e. The van der Waals surface area contributed by atoms with E-state index < -0.39 is 5.91 Å². The molecule has 3 aromatic rings. The van der Waals surface area contributed by atoms with Crippen molar-refractivity contribution in [3.63, 3.8) is 0 Å². The number of halogens is 1. The van der Waals surface area contributed by atoms with Gasteiger partial charge >= 0.3 is 0 Å². The van der Waals surface area contributed by atoms with E-state index in [1.807, 2.05) is 24.3 Å². The zero-order chi connectivity index (χ0) is 23.4. The molecule has 1 aromatic heterocycles. The molecule has 0 spiro atoms. The van der Waals surface area contributed by atoms with Crippen molar-refractivity contribution in [3.05, 3.63) is 70.5 Å². The molecule has 1 aliphatic heterocycles. The molecule has 0 bridgehead atoms. The lowest BCUT2D eigenvalue weighted by atomic mass is 10.1. The highest BCUT2D eigenvalue weighted by molar-refractivity contribution is 6.32. The van der Waals surface area contributed by atoms with Crippen molar-refractivity contribution in [2.75, 3.05) is 50.6 Å². The Balaban J connectivity index is 1.52. The van der Waals surface area contributed by atoms with Crippen LogP contribution in [0.3, 0.4) is 0 Å². The minimum atomic E-state index is -0.575. The van der Waals surface area contributed by atoms with Crippen molar-refractivity contribution in [3.8, 4) is 5.75 Å². The van der Waals surface area contributed by atoms with Gasteiger partial charge in [-0.1, -0.05) is 17.7 Å². The number of nitrogens with zero attached hydrogens (tertiary/aromatic N) is 4. The summed E-state index contributed by atoms with van der Waals surface area (Å²) >= 11 is 6.12. The van der Waals surface area contributed by atoms with Gasteiger partial charge in [-0.25, -0.2) is 9.97 Å². The summed E-state index contributed by atoms with van der Waals surface area (Å²) in [5, 5.41) is 3.73. The van der Waals surface area contributed by atoms with Crippen molar-refractivity contribution < 1.29 is 9.53 Å². The molecule has 1 aliphatic rings. The van der Waals surface area contributed by atoms with Crippen LogP contribution in [0.5, 0.6) is 5.75 Å². The molecule has 4 rings (SSSR count). The molecule has 0 atom stereocenters. The highest BCUT2D eigenvalue weighted by Crippen LogP contribution is 2.27. The van der Waals surface area contributed by atoms with Gasteiger partial charge < -0.3 is 25.6 Å². The number of methoxy groups -OCH3 is 1. The van der Waals surface area contributed by atoms with E-state index in [0.29, 0.717) is 28.8 Å². The zero-order valence-corrected chi connectivity index (χ0v) is 19.5. The maximum atomic E-state index is 11.9. The minimum absolute atomic E-state index is 0.278. The third-order valence-electron chi connectivity index (χ3n) is 5.71. The number of carbonyl (C=O) groups excluding carboxylic acids is 1. The molecule has 8 nitrogen and oxygen atoms in total. The van der Waals surface area contributed by atoms with Crippen LogP contribution in [0.25, 0.3) is 0 Å². The molecule has 0 aliphatic carbocycles. The molecule has 2 heterocycles. The highest BCUT2D eigenvalue weighted by atomic mass is 35.5. The first-order chi connectivity index (χ1) is 15.9. The van der Waals surface area contributed by atoms with Crippen LogP contribution in [-0.4, -0.2) is 61.1 Å². The molecule has 3 N–H and O–H groups in total. The molecule has 1 saturated heterocycles. The second-order valence-electron chi connectivity index (χ2n) is 8.03. The average molecular weight is 467 g/mol. The number of anilines is 3. The number of hydrogen-bond acceptors (Lipinski definition) is 7. The normalized spacial score (nSPS) is 14.2. The molecule has 1 fully saturated rings. The Hall–Kier alpha value is -3.36. The first-order valence-electron chi connectivity index (χ1n) is 10.7. The smallest absolute Gasteiger partial charge is 0.252 e. The van der Waals surface area contributed by atoms with E-state index in [9.17, 15) is 4.79 Å². The fraction of sp³-hybridized carbons (Fsp3) is 0.292. The van der Waals surface area contributed by atoms with Gasteiger partial charge in [0.05, 0.1) is 23.4 Å². The molecule has 0 unspecified atom stereocenters. The van der Waals surface area contributed by atoms with Crippen LogP contribution < -0.4 is 20.7 Å². The number of rotatable bonds is 7. The molecule has 33 heavy (non-hydrogen) atoms. The summed E-state index contributed by atoms with van der Waals surface area (Å²) in [6.07, 6.45) is 1.84. The lowest BCUT2D eigenvalue weighted by Crippen LogP contribution is -2.44. The highest BCUT2D eigenvalue weighted by Gasteiger charge is 2.16. The molecule has 2 aromatic carbocycles. The van der Waals surface area contributed by atoms with Gasteiger partial charge in [0.15, 0.2) is 0 Å². The summed E-state index contributed by atoms with van der Waals surface area (Å²) in [4.78, 5) is 25.5. The van der Waals surface area contributed by atoms with E-state index >= 15 is 0 Å². The standard InChI is InChI=1S/C24H27ClN6O2/c1-30-9-11-31(12-10-30)18-6-4-17(5-7-18)28-24-27-15-19(23(26)32)21(29-24)13-16-3-8-20(25)22(14-16)33-2/h3-8,14-15H,9-13H2,1-2H3,(H2,26,32)(H,27,28,29). The van der Waals surface area contributed by atoms with Crippen LogP contribution in [0.2, 0.25) is 5.02 Å². The summed E-state index contributed by atoms with van der Waals surface area (Å²) in [5.74, 6) is 0.375. The van der Waals surface area contributed by atoms with Gasteiger partial charge in [-0.3, -0.25) is 4.79 Å². The van der Waals surface area contributed by atoms with Gasteiger partial charge in [0.1, 0.15) is 5.75 Å². The van der Waals surface area contributed by atoms with Crippen LogP contribution in [-0.2, 0) is 6.42 Å². The van der Waals surface area contributed by atoms with Crippen molar-refractivity contribution >= 4 is 34.8 Å². The Labute approximate surface area is 198 Å². The monoisotopic (exact) mass is 466 g/mol. The Morgan fingerprint density at radius 3 is 2.55 bits per heavy atom. The Morgan fingerprint density at radius 2 is 1.88 bits per heavy atom. The minimum Gasteiger partial charge on any atom is -0.495 e. The summed E-state index contributed by atoms with van der Waals surface area (Å²) in [6, 6.07) is 13.6. The number of amides is 1. The Kier molecular flexibility index (Phi) is 6.96. The molecule has 172 valence electrons. The third kappa shape index (κ3) is 5.53. The maximum absolute atomic E-state index is 11.9. The number of likely N-dealkylation sites (N-methyl/N-ethyl adjacent to an activating group) is 1. The molecule has 9 heteroatoms. The maximum Gasteiger partial charge on any atom is 0.252 e. The number of nitrogens with two attached hydrogens (primary N) is 1. The Bertz CT molecular complexity index is 1130. The lowest BCUT2D eigenvalue weighted by molar-refractivity contribution is 0.0998. The van der Waals surface area contributed by atoms with E-state index in [1.165, 1.54) is 11.9 Å². The number of aromatic nitrogens is 2. The Morgan fingerprint density at radius 1 is 1.15 bits per heavy atom. The summed E-state index contributed by atoms with van der Waals surface area (Å²) in [5.41, 5.74) is 9.30. The first kappa shape index (κ1) is 22.8. The topological polar surface area (TPSA) is 96.6 Å². The number of benzene rings is 2. The average Bonchev–Trinajstić information content (AvgIpc) is 2.81. The first-order valence-corrected chi connectivity index (χ1v) is 11.1. The van der Waals surface area contributed by atoms with Crippen LogP contribution >= 0.6 is 11.6 Å². The summed E-state index contributed by atoms with van der Waals surface area (Å²) in [6.45, 7) is 4.14. The number of piperazine rings is 1. The number of nitrogens with one attached hydrogen (secondary N) is 1.